The molecule has 0 aliphatic carbocycles. The Balaban J connectivity index is 2.02. The molecule has 1 aromatic rings. The molecule has 2 rings (SSSR count). The second-order valence-electron chi connectivity index (χ2n) is 5.30. The zero-order chi connectivity index (χ0) is 14.5. The Labute approximate surface area is 120 Å². The van der Waals surface area contributed by atoms with Crippen molar-refractivity contribution in [3.05, 3.63) is 23.8 Å². The predicted molar refractivity (Wildman–Crippen MR) is 81.0 cm³/mol. The monoisotopic (exact) mass is 277 g/mol. The summed E-state index contributed by atoms with van der Waals surface area (Å²) in [6.45, 7) is 1.98. The maximum Gasteiger partial charge on any atom is 0.337 e. The van der Waals surface area contributed by atoms with Gasteiger partial charge in [0.25, 0.3) is 0 Å². The van der Waals surface area contributed by atoms with Crippen LogP contribution < -0.4 is 11.1 Å². The molecular weight excluding hydrogens is 254 g/mol. The van der Waals surface area contributed by atoms with Crippen molar-refractivity contribution in [2.45, 2.75) is 25.3 Å². The molecule has 3 N–H and O–H groups in total. The molecule has 1 saturated heterocycles. The van der Waals surface area contributed by atoms with Crippen LogP contribution in [-0.4, -0.2) is 44.2 Å². The molecule has 0 aromatic heterocycles. The SMILES string of the molecule is COC(=O)c1ccc(N)c(NCC2CCCCN2C)c1. The van der Waals surface area contributed by atoms with Crippen LogP contribution in [0.3, 0.4) is 0 Å². The summed E-state index contributed by atoms with van der Waals surface area (Å²) < 4.78 is 4.73. The molecule has 0 spiro atoms. The number of carbonyl (C=O) groups excluding carboxylic acids is 1. The molecule has 0 saturated carbocycles. The zero-order valence-corrected chi connectivity index (χ0v) is 12.2. The molecule has 0 bridgehead atoms. The number of hydrogen-bond donors (Lipinski definition) is 2. The lowest BCUT2D eigenvalue weighted by atomic mass is 10.0. The third-order valence-electron chi connectivity index (χ3n) is 3.92. The topological polar surface area (TPSA) is 67.6 Å². The maximum atomic E-state index is 11.5. The quantitative estimate of drug-likeness (QED) is 0.650. The Bertz CT molecular complexity index is 476. The molecule has 1 atom stereocenters. The minimum atomic E-state index is -0.345. The highest BCUT2D eigenvalue weighted by Crippen LogP contribution is 2.22. The number of rotatable bonds is 4. The number of hydrogen-bond acceptors (Lipinski definition) is 5. The Kier molecular flexibility index (Phi) is 4.84. The van der Waals surface area contributed by atoms with Crippen molar-refractivity contribution in [2.24, 2.45) is 0 Å². The van der Waals surface area contributed by atoms with E-state index in [1.165, 1.54) is 26.4 Å². The number of nitrogens with two attached hydrogens (primary N) is 1. The van der Waals surface area contributed by atoms with E-state index >= 15 is 0 Å². The van der Waals surface area contributed by atoms with Gasteiger partial charge in [-0.05, 0) is 44.6 Å². The average Bonchev–Trinajstić information content (AvgIpc) is 2.47. The first-order chi connectivity index (χ1) is 9.61. The van der Waals surface area contributed by atoms with Crippen LogP contribution in [0.5, 0.6) is 0 Å². The van der Waals surface area contributed by atoms with E-state index in [9.17, 15) is 4.79 Å². The minimum absolute atomic E-state index is 0.345. The van der Waals surface area contributed by atoms with E-state index < -0.39 is 0 Å². The first-order valence-corrected chi connectivity index (χ1v) is 7.03. The summed E-state index contributed by atoms with van der Waals surface area (Å²) in [6, 6.07) is 5.69. The molecule has 1 aromatic carbocycles. The van der Waals surface area contributed by atoms with E-state index in [0.717, 1.165) is 18.8 Å². The van der Waals surface area contributed by atoms with Gasteiger partial charge in [-0.3, -0.25) is 0 Å². The third kappa shape index (κ3) is 3.42. The molecule has 1 aliphatic rings. The highest BCUT2D eigenvalue weighted by atomic mass is 16.5. The average molecular weight is 277 g/mol. The first kappa shape index (κ1) is 14.7. The molecule has 1 unspecified atom stereocenters. The fourth-order valence-electron chi connectivity index (χ4n) is 2.58. The lowest BCUT2D eigenvalue weighted by Gasteiger charge is -2.32. The maximum absolute atomic E-state index is 11.5. The second kappa shape index (κ2) is 6.61. The lowest BCUT2D eigenvalue weighted by molar-refractivity contribution is 0.0601. The number of nitrogen functional groups attached to an aromatic ring is 1. The highest BCUT2D eigenvalue weighted by Gasteiger charge is 2.18. The van der Waals surface area contributed by atoms with E-state index in [0.29, 0.717) is 17.3 Å². The van der Waals surface area contributed by atoms with Gasteiger partial charge in [-0.2, -0.15) is 0 Å². The standard InChI is InChI=1S/C15H23N3O2/c1-18-8-4-3-5-12(18)10-17-14-9-11(15(19)20-2)6-7-13(14)16/h6-7,9,12,17H,3-5,8,10,16H2,1-2H3. The van der Waals surface area contributed by atoms with Crippen LogP contribution in [0.4, 0.5) is 11.4 Å². The number of carbonyl (C=O) groups is 1. The molecule has 0 radical (unpaired) electrons. The summed E-state index contributed by atoms with van der Waals surface area (Å²) in [6.07, 6.45) is 3.74. The van der Waals surface area contributed by atoms with Crippen LogP contribution in [0.15, 0.2) is 18.2 Å². The van der Waals surface area contributed by atoms with E-state index in [1.807, 2.05) is 0 Å². The van der Waals surface area contributed by atoms with Gasteiger partial charge in [0.1, 0.15) is 0 Å². The number of anilines is 2. The zero-order valence-electron chi connectivity index (χ0n) is 12.2. The van der Waals surface area contributed by atoms with Gasteiger partial charge < -0.3 is 20.7 Å². The van der Waals surface area contributed by atoms with Crippen molar-refractivity contribution in [1.82, 2.24) is 4.90 Å². The summed E-state index contributed by atoms with van der Waals surface area (Å²) in [7, 11) is 3.53. The van der Waals surface area contributed by atoms with Gasteiger partial charge in [-0.25, -0.2) is 4.79 Å². The van der Waals surface area contributed by atoms with Crippen molar-refractivity contribution >= 4 is 17.3 Å². The molecule has 5 nitrogen and oxygen atoms in total. The van der Waals surface area contributed by atoms with Gasteiger partial charge in [-0.15, -0.1) is 0 Å². The van der Waals surface area contributed by atoms with Crippen molar-refractivity contribution in [2.75, 3.05) is 38.3 Å². The van der Waals surface area contributed by atoms with Gasteiger partial charge in [0.15, 0.2) is 0 Å². The molecule has 1 heterocycles. The fraction of sp³-hybridized carbons (Fsp3) is 0.533. The first-order valence-electron chi connectivity index (χ1n) is 7.03. The smallest absolute Gasteiger partial charge is 0.337 e. The van der Waals surface area contributed by atoms with E-state index in [4.69, 9.17) is 10.5 Å². The lowest BCUT2D eigenvalue weighted by Crippen LogP contribution is -2.40. The molecule has 5 heteroatoms. The van der Waals surface area contributed by atoms with E-state index in [-0.39, 0.29) is 5.97 Å². The van der Waals surface area contributed by atoms with Gasteiger partial charge in [0.2, 0.25) is 0 Å². The van der Waals surface area contributed by atoms with Crippen LogP contribution in [0.25, 0.3) is 0 Å². The number of nitrogens with one attached hydrogen (secondary N) is 1. The van der Waals surface area contributed by atoms with Crippen LogP contribution in [0, 0.1) is 0 Å². The number of methoxy groups -OCH3 is 1. The van der Waals surface area contributed by atoms with Crippen molar-refractivity contribution in [3.8, 4) is 0 Å². The molecule has 110 valence electrons. The predicted octanol–water partition coefficient (Wildman–Crippen LogP) is 1.95. The van der Waals surface area contributed by atoms with Gasteiger partial charge in [0, 0.05) is 12.6 Å². The summed E-state index contributed by atoms with van der Waals surface area (Å²) >= 11 is 0. The molecular formula is C15H23N3O2. The van der Waals surface area contributed by atoms with Crippen LogP contribution in [0.1, 0.15) is 29.6 Å². The Morgan fingerprint density at radius 1 is 1.50 bits per heavy atom. The molecule has 0 amide bonds. The Morgan fingerprint density at radius 2 is 2.30 bits per heavy atom. The van der Waals surface area contributed by atoms with E-state index in [1.54, 1.807) is 18.2 Å². The van der Waals surface area contributed by atoms with Crippen molar-refractivity contribution in [1.29, 1.82) is 0 Å². The normalized spacial score (nSPS) is 19.6. The highest BCUT2D eigenvalue weighted by molar-refractivity contribution is 5.91. The van der Waals surface area contributed by atoms with E-state index in [2.05, 4.69) is 17.3 Å². The number of likely N-dealkylation sites (N-methyl/N-ethyl adjacent to an activating group) is 1. The van der Waals surface area contributed by atoms with Crippen molar-refractivity contribution in [3.63, 3.8) is 0 Å². The van der Waals surface area contributed by atoms with Crippen LogP contribution in [0.2, 0.25) is 0 Å². The molecule has 1 aliphatic heterocycles. The fourth-order valence-corrected chi connectivity index (χ4v) is 2.58. The largest absolute Gasteiger partial charge is 0.465 e. The summed E-state index contributed by atoms with van der Waals surface area (Å²) in [5.74, 6) is -0.345. The summed E-state index contributed by atoms with van der Waals surface area (Å²) in [4.78, 5) is 13.9. The van der Waals surface area contributed by atoms with Crippen LogP contribution in [-0.2, 0) is 4.74 Å². The summed E-state index contributed by atoms with van der Waals surface area (Å²) in [5, 5.41) is 3.36. The molecule has 1 fully saturated rings. The number of nitrogens with zero attached hydrogens (tertiary/aromatic N) is 1. The number of piperidine rings is 1. The third-order valence-corrected chi connectivity index (χ3v) is 3.92. The summed E-state index contributed by atoms with van der Waals surface area (Å²) in [5.41, 5.74) is 7.92. The second-order valence-corrected chi connectivity index (χ2v) is 5.30. The number of benzene rings is 1. The number of likely N-dealkylation sites (tertiary alicyclic amines) is 1. The minimum Gasteiger partial charge on any atom is -0.465 e. The Hall–Kier alpha value is -1.75. The van der Waals surface area contributed by atoms with Crippen molar-refractivity contribution < 1.29 is 9.53 Å². The van der Waals surface area contributed by atoms with Gasteiger partial charge in [0.05, 0.1) is 24.0 Å². The Morgan fingerprint density at radius 3 is 3.00 bits per heavy atom. The molecule has 20 heavy (non-hydrogen) atoms. The number of ether oxygens (including phenoxy) is 1. The van der Waals surface area contributed by atoms with Crippen LogP contribution >= 0.6 is 0 Å². The number of esters is 1. The van der Waals surface area contributed by atoms with Gasteiger partial charge in [-0.1, -0.05) is 6.42 Å². The van der Waals surface area contributed by atoms with Gasteiger partial charge >= 0.3 is 5.97 Å².